The SMILES string of the molecule is O=C(CSc1nc2ccccc2s1)NCc1nn(CCN2CCCC2)c(=O)c2ccccc12. The van der Waals surface area contributed by atoms with E-state index in [1.807, 2.05) is 48.5 Å². The summed E-state index contributed by atoms with van der Waals surface area (Å²) in [7, 11) is 0. The number of nitrogens with zero attached hydrogens (tertiary/aromatic N) is 4. The Morgan fingerprint density at radius 3 is 2.61 bits per heavy atom. The predicted molar refractivity (Wildman–Crippen MR) is 134 cm³/mol. The molecule has 1 N–H and O–H groups in total. The molecule has 0 atom stereocenters. The van der Waals surface area contributed by atoms with Crippen LogP contribution in [0, 0.1) is 0 Å². The first-order valence-electron chi connectivity index (χ1n) is 11.1. The Labute approximate surface area is 199 Å². The fraction of sp³-hybridized carbons (Fsp3) is 0.333. The number of benzene rings is 2. The van der Waals surface area contributed by atoms with Crippen LogP contribution in [0.15, 0.2) is 57.7 Å². The fourth-order valence-corrected chi connectivity index (χ4v) is 6.00. The van der Waals surface area contributed by atoms with Crippen LogP contribution in [-0.2, 0) is 17.9 Å². The molecule has 7 nitrogen and oxygen atoms in total. The summed E-state index contributed by atoms with van der Waals surface area (Å²) in [4.78, 5) is 32.4. The van der Waals surface area contributed by atoms with E-state index in [-0.39, 0.29) is 23.8 Å². The number of likely N-dealkylation sites (tertiary alicyclic amines) is 1. The summed E-state index contributed by atoms with van der Waals surface area (Å²) in [6.45, 7) is 3.81. The number of fused-ring (bicyclic) bond motifs is 2. The summed E-state index contributed by atoms with van der Waals surface area (Å²) in [5, 5.41) is 9.03. The van der Waals surface area contributed by atoms with E-state index in [1.54, 1.807) is 16.0 Å². The van der Waals surface area contributed by atoms with Gasteiger partial charge in [0.05, 0.1) is 40.1 Å². The average Bonchev–Trinajstić information content (AvgIpc) is 3.51. The van der Waals surface area contributed by atoms with E-state index >= 15 is 0 Å². The number of carbonyl (C=O) groups excluding carboxylic acids is 1. The maximum Gasteiger partial charge on any atom is 0.274 e. The fourth-order valence-electron chi connectivity index (χ4n) is 4.10. The topological polar surface area (TPSA) is 80.1 Å². The maximum absolute atomic E-state index is 12.9. The third-order valence-electron chi connectivity index (χ3n) is 5.82. The Balaban J connectivity index is 1.26. The van der Waals surface area contributed by atoms with E-state index in [1.165, 1.54) is 24.6 Å². The van der Waals surface area contributed by atoms with Gasteiger partial charge in [-0.15, -0.1) is 11.3 Å². The van der Waals surface area contributed by atoms with E-state index in [0.717, 1.165) is 39.6 Å². The van der Waals surface area contributed by atoms with Crippen molar-refractivity contribution in [2.24, 2.45) is 0 Å². The Bertz CT molecular complexity index is 1310. The summed E-state index contributed by atoms with van der Waals surface area (Å²) in [6, 6.07) is 15.5. The number of rotatable bonds is 8. The monoisotopic (exact) mass is 479 g/mol. The number of hydrogen-bond donors (Lipinski definition) is 1. The molecule has 1 aliphatic heterocycles. The Morgan fingerprint density at radius 1 is 1.03 bits per heavy atom. The van der Waals surface area contributed by atoms with Gasteiger partial charge in [0, 0.05) is 11.9 Å². The van der Waals surface area contributed by atoms with Crippen LogP contribution >= 0.6 is 23.1 Å². The van der Waals surface area contributed by atoms with Gasteiger partial charge in [-0.3, -0.25) is 9.59 Å². The highest BCUT2D eigenvalue weighted by atomic mass is 32.2. The largest absolute Gasteiger partial charge is 0.350 e. The van der Waals surface area contributed by atoms with E-state index in [0.29, 0.717) is 17.6 Å². The van der Waals surface area contributed by atoms with Gasteiger partial charge in [-0.05, 0) is 44.1 Å². The molecule has 4 aromatic rings. The van der Waals surface area contributed by atoms with Gasteiger partial charge in [0.15, 0.2) is 4.34 Å². The lowest BCUT2D eigenvalue weighted by atomic mass is 10.1. The Kier molecular flexibility index (Phi) is 6.70. The van der Waals surface area contributed by atoms with Gasteiger partial charge in [-0.1, -0.05) is 42.1 Å². The lowest BCUT2D eigenvalue weighted by Crippen LogP contribution is -2.33. The van der Waals surface area contributed by atoms with Crippen LogP contribution in [0.1, 0.15) is 18.5 Å². The number of nitrogens with one attached hydrogen (secondary N) is 1. The molecule has 5 rings (SSSR count). The van der Waals surface area contributed by atoms with Crippen LogP contribution < -0.4 is 10.9 Å². The number of para-hydroxylation sites is 1. The van der Waals surface area contributed by atoms with Gasteiger partial charge in [0.2, 0.25) is 5.91 Å². The standard InChI is InChI=1S/C24H25N5O2S2/c30-22(16-32-24-26-19-9-3-4-10-21(19)33-24)25-15-20-17-7-1-2-8-18(17)23(31)29(27-20)14-13-28-11-5-6-12-28/h1-4,7-10H,5-6,11-16H2,(H,25,30). The summed E-state index contributed by atoms with van der Waals surface area (Å²) in [5.41, 5.74) is 1.59. The number of thioether (sulfide) groups is 1. The molecule has 0 unspecified atom stereocenters. The van der Waals surface area contributed by atoms with E-state index in [9.17, 15) is 9.59 Å². The zero-order chi connectivity index (χ0) is 22.6. The van der Waals surface area contributed by atoms with Gasteiger partial charge in [-0.25, -0.2) is 9.67 Å². The number of amides is 1. The van der Waals surface area contributed by atoms with Crippen LogP contribution in [-0.4, -0.2) is 51.0 Å². The number of hydrogen-bond acceptors (Lipinski definition) is 7. The minimum absolute atomic E-state index is 0.0775. The van der Waals surface area contributed by atoms with Gasteiger partial charge < -0.3 is 10.2 Å². The van der Waals surface area contributed by atoms with Crippen molar-refractivity contribution in [3.05, 3.63) is 64.6 Å². The van der Waals surface area contributed by atoms with Crippen molar-refractivity contribution < 1.29 is 4.79 Å². The molecule has 9 heteroatoms. The molecule has 1 aliphatic rings. The smallest absolute Gasteiger partial charge is 0.274 e. The molecule has 1 amide bonds. The van der Waals surface area contributed by atoms with Gasteiger partial charge in [0.25, 0.3) is 5.56 Å². The van der Waals surface area contributed by atoms with Gasteiger partial charge >= 0.3 is 0 Å². The maximum atomic E-state index is 12.9. The van der Waals surface area contributed by atoms with E-state index < -0.39 is 0 Å². The Morgan fingerprint density at radius 2 is 1.79 bits per heavy atom. The molecule has 0 bridgehead atoms. The molecule has 33 heavy (non-hydrogen) atoms. The Hall–Kier alpha value is -2.75. The van der Waals surface area contributed by atoms with Crippen molar-refractivity contribution in [3.8, 4) is 0 Å². The molecule has 1 saturated heterocycles. The van der Waals surface area contributed by atoms with Crippen molar-refractivity contribution >= 4 is 50.0 Å². The molecule has 0 aliphatic carbocycles. The minimum Gasteiger partial charge on any atom is -0.350 e. The average molecular weight is 480 g/mol. The predicted octanol–water partition coefficient (Wildman–Crippen LogP) is 3.51. The van der Waals surface area contributed by atoms with Gasteiger partial charge in [-0.2, -0.15) is 5.10 Å². The molecular formula is C24H25N5O2S2. The molecule has 2 aromatic heterocycles. The van der Waals surface area contributed by atoms with Crippen molar-refractivity contribution in [3.63, 3.8) is 0 Å². The molecule has 0 radical (unpaired) electrons. The quantitative estimate of drug-likeness (QED) is 0.390. The lowest BCUT2D eigenvalue weighted by Gasteiger charge is -2.16. The van der Waals surface area contributed by atoms with Crippen molar-refractivity contribution in [1.82, 2.24) is 25.0 Å². The number of aromatic nitrogens is 3. The van der Waals surface area contributed by atoms with E-state index in [2.05, 4.69) is 20.3 Å². The van der Waals surface area contributed by atoms with Gasteiger partial charge in [0.1, 0.15) is 0 Å². The van der Waals surface area contributed by atoms with Crippen LogP contribution in [0.2, 0.25) is 0 Å². The zero-order valence-corrected chi connectivity index (χ0v) is 19.8. The van der Waals surface area contributed by atoms with Crippen molar-refractivity contribution in [1.29, 1.82) is 0 Å². The molecule has 0 saturated carbocycles. The van der Waals surface area contributed by atoms with Crippen molar-refractivity contribution in [2.75, 3.05) is 25.4 Å². The second-order valence-corrected chi connectivity index (χ2v) is 10.3. The molecule has 170 valence electrons. The second kappa shape index (κ2) is 10.0. The first-order chi connectivity index (χ1) is 16.2. The first kappa shape index (κ1) is 22.1. The molecule has 0 spiro atoms. The van der Waals surface area contributed by atoms with Crippen LogP contribution in [0.5, 0.6) is 0 Å². The highest BCUT2D eigenvalue weighted by molar-refractivity contribution is 8.01. The molecule has 1 fully saturated rings. The summed E-state index contributed by atoms with van der Waals surface area (Å²) < 4.78 is 3.55. The summed E-state index contributed by atoms with van der Waals surface area (Å²) in [5.74, 6) is 0.201. The zero-order valence-electron chi connectivity index (χ0n) is 18.2. The summed E-state index contributed by atoms with van der Waals surface area (Å²) in [6.07, 6.45) is 2.43. The third-order valence-corrected chi connectivity index (χ3v) is 8.00. The second-order valence-electron chi connectivity index (χ2n) is 8.08. The summed E-state index contributed by atoms with van der Waals surface area (Å²) >= 11 is 3.03. The van der Waals surface area contributed by atoms with Crippen LogP contribution in [0.25, 0.3) is 21.0 Å². The third kappa shape index (κ3) is 5.10. The highest BCUT2D eigenvalue weighted by Crippen LogP contribution is 2.29. The van der Waals surface area contributed by atoms with Crippen LogP contribution in [0.3, 0.4) is 0 Å². The molecule has 3 heterocycles. The number of thiazole rings is 1. The molecule has 2 aromatic carbocycles. The molecular weight excluding hydrogens is 454 g/mol. The highest BCUT2D eigenvalue weighted by Gasteiger charge is 2.15. The van der Waals surface area contributed by atoms with E-state index in [4.69, 9.17) is 0 Å². The lowest BCUT2D eigenvalue weighted by molar-refractivity contribution is -0.118. The van der Waals surface area contributed by atoms with Crippen LogP contribution in [0.4, 0.5) is 0 Å². The number of carbonyl (C=O) groups is 1. The first-order valence-corrected chi connectivity index (χ1v) is 12.9. The van der Waals surface area contributed by atoms with Crippen molar-refractivity contribution in [2.45, 2.75) is 30.3 Å². The minimum atomic E-state index is -0.0834. The normalized spacial score (nSPS) is 14.3.